The molecule has 2 aromatic heterocycles. The zero-order valence-electron chi connectivity index (χ0n) is 18.3. The number of nitrogens with zero attached hydrogens (tertiary/aromatic N) is 3. The summed E-state index contributed by atoms with van der Waals surface area (Å²) in [4.78, 5) is 36.8. The van der Waals surface area contributed by atoms with Gasteiger partial charge in [-0.2, -0.15) is 5.10 Å². The Morgan fingerprint density at radius 3 is 2.34 bits per heavy atom. The van der Waals surface area contributed by atoms with Crippen LogP contribution in [-0.4, -0.2) is 26.0 Å². The molecule has 7 nitrogen and oxygen atoms in total. The van der Waals surface area contributed by atoms with Crippen LogP contribution in [0, 0.1) is 13.8 Å². The Balaban J connectivity index is 1.63. The monoisotopic (exact) mass is 428 g/mol. The van der Waals surface area contributed by atoms with E-state index in [0.29, 0.717) is 16.9 Å². The summed E-state index contributed by atoms with van der Waals surface area (Å²) in [5, 5.41) is 8.40. The predicted octanol–water partition coefficient (Wildman–Crippen LogP) is 4.04. The van der Waals surface area contributed by atoms with Crippen molar-refractivity contribution in [3.8, 4) is 5.69 Å². The fourth-order valence-electron chi connectivity index (χ4n) is 3.86. The molecule has 0 saturated heterocycles. The van der Waals surface area contributed by atoms with E-state index >= 15 is 0 Å². The number of anilines is 1. The minimum atomic E-state index is -0.219. The van der Waals surface area contributed by atoms with Gasteiger partial charge in [0.25, 0.3) is 5.56 Å². The van der Waals surface area contributed by atoms with Crippen LogP contribution in [0.15, 0.2) is 65.5 Å². The number of carbonyl (C=O) groups is 2. The number of ketones is 1. The third-order valence-corrected chi connectivity index (χ3v) is 5.43. The van der Waals surface area contributed by atoms with Gasteiger partial charge in [0, 0.05) is 35.7 Å². The van der Waals surface area contributed by atoms with E-state index in [4.69, 9.17) is 0 Å². The van der Waals surface area contributed by atoms with E-state index in [-0.39, 0.29) is 30.2 Å². The lowest BCUT2D eigenvalue weighted by molar-refractivity contribution is -0.116. The summed E-state index contributed by atoms with van der Waals surface area (Å²) in [7, 11) is 0. The van der Waals surface area contributed by atoms with Gasteiger partial charge in [0.15, 0.2) is 5.78 Å². The van der Waals surface area contributed by atoms with Crippen LogP contribution < -0.4 is 10.9 Å². The van der Waals surface area contributed by atoms with Gasteiger partial charge in [-0.1, -0.05) is 18.2 Å². The lowest BCUT2D eigenvalue weighted by Crippen LogP contribution is -2.25. The van der Waals surface area contributed by atoms with Crippen LogP contribution in [0.1, 0.15) is 35.0 Å². The van der Waals surface area contributed by atoms with Gasteiger partial charge in [-0.15, -0.1) is 0 Å². The molecule has 0 bridgehead atoms. The maximum absolute atomic E-state index is 12.9. The molecule has 1 N–H and O–H groups in total. The number of nitrogens with one attached hydrogen (secondary N) is 1. The molecule has 2 heterocycles. The first kappa shape index (κ1) is 21.2. The number of carbonyl (C=O) groups excluding carboxylic acids is 2. The number of hydrogen-bond acceptors (Lipinski definition) is 4. The van der Waals surface area contributed by atoms with E-state index in [1.165, 1.54) is 6.92 Å². The highest BCUT2D eigenvalue weighted by Gasteiger charge is 2.17. The molecular formula is C25H24N4O3. The minimum absolute atomic E-state index is 0.0315. The normalized spacial score (nSPS) is 11.0. The SMILES string of the molecule is CC(=O)c1ccc(NC(=O)CCn2c(=O)cc(C)c3c(C)nn(-c4ccccc4)c32)cc1. The Hall–Kier alpha value is -4.00. The molecule has 0 atom stereocenters. The van der Waals surface area contributed by atoms with Gasteiger partial charge in [0.1, 0.15) is 5.65 Å². The van der Waals surface area contributed by atoms with Crippen molar-refractivity contribution >= 4 is 28.4 Å². The summed E-state index contributed by atoms with van der Waals surface area (Å²) in [5.74, 6) is -0.250. The minimum Gasteiger partial charge on any atom is -0.326 e. The van der Waals surface area contributed by atoms with Gasteiger partial charge in [-0.25, -0.2) is 4.68 Å². The zero-order chi connectivity index (χ0) is 22.8. The molecular weight excluding hydrogens is 404 g/mol. The molecule has 0 aliphatic heterocycles. The number of amides is 1. The fraction of sp³-hybridized carbons (Fsp3) is 0.200. The molecule has 0 fully saturated rings. The second-order valence-corrected chi connectivity index (χ2v) is 7.78. The maximum Gasteiger partial charge on any atom is 0.252 e. The van der Waals surface area contributed by atoms with Crippen LogP contribution in [0.5, 0.6) is 0 Å². The van der Waals surface area contributed by atoms with Gasteiger partial charge in [0.2, 0.25) is 5.91 Å². The summed E-state index contributed by atoms with van der Waals surface area (Å²) in [6.45, 7) is 5.52. The average molecular weight is 428 g/mol. The first-order valence-corrected chi connectivity index (χ1v) is 10.4. The van der Waals surface area contributed by atoms with E-state index in [2.05, 4.69) is 10.4 Å². The lowest BCUT2D eigenvalue weighted by Gasteiger charge is -2.12. The molecule has 0 spiro atoms. The Morgan fingerprint density at radius 1 is 1.00 bits per heavy atom. The number of pyridine rings is 1. The van der Waals surface area contributed by atoms with Crippen molar-refractivity contribution in [1.82, 2.24) is 14.3 Å². The number of hydrogen-bond donors (Lipinski definition) is 1. The van der Waals surface area contributed by atoms with E-state index in [0.717, 1.165) is 22.3 Å². The van der Waals surface area contributed by atoms with Gasteiger partial charge >= 0.3 is 0 Å². The highest BCUT2D eigenvalue weighted by Crippen LogP contribution is 2.24. The number of fused-ring (bicyclic) bond motifs is 1. The number of para-hydroxylation sites is 1. The molecule has 2 aromatic carbocycles. The Bertz CT molecular complexity index is 1370. The molecule has 0 unspecified atom stereocenters. The summed E-state index contributed by atoms with van der Waals surface area (Å²) >= 11 is 0. The molecule has 4 aromatic rings. The Kier molecular flexibility index (Phi) is 5.73. The number of aryl methyl sites for hydroxylation is 3. The highest BCUT2D eigenvalue weighted by atomic mass is 16.2. The van der Waals surface area contributed by atoms with Gasteiger partial charge in [-0.3, -0.25) is 19.0 Å². The van der Waals surface area contributed by atoms with Crippen LogP contribution in [0.2, 0.25) is 0 Å². The highest BCUT2D eigenvalue weighted by molar-refractivity contribution is 5.95. The van der Waals surface area contributed by atoms with Crippen molar-refractivity contribution in [2.24, 2.45) is 0 Å². The predicted molar refractivity (Wildman–Crippen MR) is 124 cm³/mol. The summed E-state index contributed by atoms with van der Waals surface area (Å²) in [6, 6.07) is 17.9. The van der Waals surface area contributed by atoms with Crippen molar-refractivity contribution in [3.63, 3.8) is 0 Å². The average Bonchev–Trinajstić information content (AvgIpc) is 3.12. The Morgan fingerprint density at radius 2 is 1.69 bits per heavy atom. The molecule has 0 aliphatic carbocycles. The number of benzene rings is 2. The molecule has 32 heavy (non-hydrogen) atoms. The first-order chi connectivity index (χ1) is 15.3. The standard InChI is InChI=1S/C25H24N4O3/c1-16-15-23(32)28(14-13-22(31)26-20-11-9-19(10-12-20)18(3)30)25-24(16)17(2)27-29(25)21-7-5-4-6-8-21/h4-12,15H,13-14H2,1-3H3,(H,26,31). The van der Waals surface area contributed by atoms with Gasteiger partial charge in [0.05, 0.1) is 11.4 Å². The molecule has 7 heteroatoms. The summed E-state index contributed by atoms with van der Waals surface area (Å²) in [5.41, 5.74) is 4.22. The second-order valence-electron chi connectivity index (χ2n) is 7.78. The van der Waals surface area contributed by atoms with Crippen molar-refractivity contribution < 1.29 is 9.59 Å². The van der Waals surface area contributed by atoms with Crippen LogP contribution in [0.3, 0.4) is 0 Å². The van der Waals surface area contributed by atoms with Crippen molar-refractivity contribution in [3.05, 3.63) is 87.8 Å². The molecule has 4 rings (SSSR count). The zero-order valence-corrected chi connectivity index (χ0v) is 18.3. The molecule has 162 valence electrons. The van der Waals surface area contributed by atoms with E-state index in [1.54, 1.807) is 39.6 Å². The number of aromatic nitrogens is 3. The van der Waals surface area contributed by atoms with E-state index in [1.807, 2.05) is 44.2 Å². The molecule has 0 aliphatic rings. The lowest BCUT2D eigenvalue weighted by atomic mass is 10.1. The fourth-order valence-corrected chi connectivity index (χ4v) is 3.86. The summed E-state index contributed by atoms with van der Waals surface area (Å²) in [6.07, 6.45) is 0.117. The third kappa shape index (κ3) is 4.09. The summed E-state index contributed by atoms with van der Waals surface area (Å²) < 4.78 is 3.37. The molecule has 0 radical (unpaired) electrons. The van der Waals surface area contributed by atoms with Crippen LogP contribution in [0.25, 0.3) is 16.7 Å². The van der Waals surface area contributed by atoms with Crippen molar-refractivity contribution in [2.45, 2.75) is 33.7 Å². The van der Waals surface area contributed by atoms with Crippen molar-refractivity contribution in [2.75, 3.05) is 5.32 Å². The van der Waals surface area contributed by atoms with Crippen molar-refractivity contribution in [1.29, 1.82) is 0 Å². The number of rotatable bonds is 6. The third-order valence-electron chi connectivity index (χ3n) is 5.43. The Labute approximate surface area is 185 Å². The molecule has 1 amide bonds. The maximum atomic E-state index is 12.9. The van der Waals surface area contributed by atoms with Crippen LogP contribution in [-0.2, 0) is 11.3 Å². The van der Waals surface area contributed by atoms with Gasteiger partial charge in [-0.05, 0) is 62.7 Å². The molecule has 0 saturated carbocycles. The topological polar surface area (TPSA) is 86.0 Å². The van der Waals surface area contributed by atoms with Gasteiger partial charge < -0.3 is 5.32 Å². The first-order valence-electron chi connectivity index (χ1n) is 10.4. The number of Topliss-reactive ketones (excluding diaryl/α,β-unsaturated/α-hetero) is 1. The largest absolute Gasteiger partial charge is 0.326 e. The smallest absolute Gasteiger partial charge is 0.252 e. The van der Waals surface area contributed by atoms with Crippen LogP contribution >= 0.6 is 0 Å². The quantitative estimate of drug-likeness (QED) is 0.470. The van der Waals surface area contributed by atoms with E-state index in [9.17, 15) is 14.4 Å². The van der Waals surface area contributed by atoms with Crippen LogP contribution in [0.4, 0.5) is 5.69 Å². The second kappa shape index (κ2) is 8.63. The van der Waals surface area contributed by atoms with E-state index < -0.39 is 0 Å².